The van der Waals surface area contributed by atoms with E-state index in [2.05, 4.69) is 24.2 Å². The molecule has 2 atom stereocenters. The van der Waals surface area contributed by atoms with E-state index >= 15 is 0 Å². The predicted octanol–water partition coefficient (Wildman–Crippen LogP) is 3.86. The molecule has 0 aliphatic carbocycles. The highest BCUT2D eigenvalue weighted by Gasteiger charge is 2.29. The molecule has 1 aliphatic heterocycles. The Kier molecular flexibility index (Phi) is 5.82. The highest BCUT2D eigenvalue weighted by atomic mass is 35.5. The molecule has 1 aromatic carbocycles. The van der Waals surface area contributed by atoms with Crippen LogP contribution in [-0.2, 0) is 0 Å². The van der Waals surface area contributed by atoms with E-state index < -0.39 is 0 Å². The maximum absolute atomic E-state index is 13.7. The Labute approximate surface area is 126 Å². The van der Waals surface area contributed by atoms with Gasteiger partial charge in [0, 0.05) is 11.1 Å². The molecule has 2 unspecified atom stereocenters. The van der Waals surface area contributed by atoms with E-state index in [9.17, 15) is 4.39 Å². The van der Waals surface area contributed by atoms with E-state index in [-0.39, 0.29) is 11.9 Å². The van der Waals surface area contributed by atoms with E-state index in [0.717, 1.165) is 25.2 Å². The maximum atomic E-state index is 13.7. The highest BCUT2D eigenvalue weighted by molar-refractivity contribution is 6.30. The van der Waals surface area contributed by atoms with Gasteiger partial charge in [-0.15, -0.1) is 0 Å². The fourth-order valence-electron chi connectivity index (χ4n) is 3.24. The third kappa shape index (κ3) is 3.94. The molecule has 0 amide bonds. The molecule has 0 aromatic heterocycles. The van der Waals surface area contributed by atoms with Gasteiger partial charge in [0.15, 0.2) is 0 Å². The molecular formula is C16H24ClFN2. The van der Waals surface area contributed by atoms with Crippen LogP contribution < -0.4 is 5.32 Å². The number of benzene rings is 1. The summed E-state index contributed by atoms with van der Waals surface area (Å²) in [6, 6.07) is 5.17. The standard InChI is InChI=1S/C16H24ClFN2/c1-3-19-11-12-6-4-5-7-20(2)16(12)13-8-14(17)10-15(18)9-13/h8-10,12,16,19H,3-7,11H2,1-2H3. The highest BCUT2D eigenvalue weighted by Crippen LogP contribution is 2.35. The normalized spacial score (nSPS) is 24.6. The summed E-state index contributed by atoms with van der Waals surface area (Å²) in [7, 11) is 2.13. The van der Waals surface area contributed by atoms with Crippen LogP contribution in [-0.4, -0.2) is 31.6 Å². The summed E-state index contributed by atoms with van der Waals surface area (Å²) in [5.74, 6) is 0.257. The van der Waals surface area contributed by atoms with Crippen molar-refractivity contribution in [3.63, 3.8) is 0 Å². The molecule has 1 saturated heterocycles. The van der Waals surface area contributed by atoms with Crippen molar-refractivity contribution < 1.29 is 4.39 Å². The van der Waals surface area contributed by atoms with Gasteiger partial charge in [0.1, 0.15) is 5.82 Å². The SMILES string of the molecule is CCNCC1CCCCN(C)C1c1cc(F)cc(Cl)c1. The summed E-state index contributed by atoms with van der Waals surface area (Å²) in [6.45, 7) is 5.12. The summed E-state index contributed by atoms with van der Waals surface area (Å²) < 4.78 is 13.7. The average molecular weight is 299 g/mol. The van der Waals surface area contributed by atoms with Crippen molar-refractivity contribution in [3.05, 3.63) is 34.6 Å². The molecule has 0 radical (unpaired) electrons. The Hall–Kier alpha value is -0.640. The third-order valence-corrected chi connectivity index (χ3v) is 4.36. The molecule has 20 heavy (non-hydrogen) atoms. The van der Waals surface area contributed by atoms with Crippen LogP contribution in [0.1, 0.15) is 37.8 Å². The monoisotopic (exact) mass is 298 g/mol. The van der Waals surface area contributed by atoms with Crippen LogP contribution in [0.5, 0.6) is 0 Å². The molecule has 4 heteroatoms. The molecule has 1 N–H and O–H groups in total. The van der Waals surface area contributed by atoms with Crippen LogP contribution in [0.15, 0.2) is 18.2 Å². The Balaban J connectivity index is 2.29. The smallest absolute Gasteiger partial charge is 0.125 e. The first-order valence-corrected chi connectivity index (χ1v) is 7.86. The zero-order valence-corrected chi connectivity index (χ0v) is 13.1. The molecule has 0 saturated carbocycles. The Morgan fingerprint density at radius 3 is 2.85 bits per heavy atom. The average Bonchev–Trinajstić information content (AvgIpc) is 2.56. The quantitative estimate of drug-likeness (QED) is 0.908. The first-order chi connectivity index (χ1) is 9.61. The lowest BCUT2D eigenvalue weighted by Crippen LogP contribution is -2.35. The van der Waals surface area contributed by atoms with E-state index in [1.54, 1.807) is 6.07 Å². The Morgan fingerprint density at radius 2 is 2.15 bits per heavy atom. The van der Waals surface area contributed by atoms with E-state index in [4.69, 9.17) is 11.6 Å². The number of nitrogens with zero attached hydrogens (tertiary/aromatic N) is 1. The van der Waals surface area contributed by atoms with Crippen LogP contribution >= 0.6 is 11.6 Å². The second-order valence-corrected chi connectivity index (χ2v) is 6.13. The lowest BCUT2D eigenvalue weighted by atomic mass is 9.89. The molecule has 1 fully saturated rings. The number of rotatable bonds is 4. The van der Waals surface area contributed by atoms with Crippen molar-refractivity contribution in [2.45, 2.75) is 32.2 Å². The summed E-state index contributed by atoms with van der Waals surface area (Å²) in [6.07, 6.45) is 3.62. The number of hydrogen-bond donors (Lipinski definition) is 1. The van der Waals surface area contributed by atoms with Crippen molar-refractivity contribution in [1.82, 2.24) is 10.2 Å². The van der Waals surface area contributed by atoms with E-state index in [0.29, 0.717) is 10.9 Å². The fraction of sp³-hybridized carbons (Fsp3) is 0.625. The van der Waals surface area contributed by atoms with Crippen LogP contribution in [0.3, 0.4) is 0 Å². The van der Waals surface area contributed by atoms with Gasteiger partial charge in [-0.3, -0.25) is 4.90 Å². The zero-order chi connectivity index (χ0) is 14.5. The maximum Gasteiger partial charge on any atom is 0.125 e. The zero-order valence-electron chi connectivity index (χ0n) is 12.3. The fourth-order valence-corrected chi connectivity index (χ4v) is 3.47. The van der Waals surface area contributed by atoms with Crippen LogP contribution in [0, 0.1) is 11.7 Å². The van der Waals surface area contributed by atoms with Gasteiger partial charge in [0.25, 0.3) is 0 Å². The molecule has 1 heterocycles. The summed E-state index contributed by atoms with van der Waals surface area (Å²) in [5.41, 5.74) is 1.00. The minimum absolute atomic E-state index is 0.241. The molecule has 112 valence electrons. The largest absolute Gasteiger partial charge is 0.317 e. The summed E-state index contributed by atoms with van der Waals surface area (Å²) in [5, 5.41) is 3.93. The van der Waals surface area contributed by atoms with Crippen molar-refractivity contribution in [2.75, 3.05) is 26.7 Å². The molecule has 1 aromatic rings. The van der Waals surface area contributed by atoms with Crippen LogP contribution in [0.2, 0.25) is 5.02 Å². The van der Waals surface area contributed by atoms with Gasteiger partial charge >= 0.3 is 0 Å². The van der Waals surface area contributed by atoms with Crippen molar-refractivity contribution in [3.8, 4) is 0 Å². The lowest BCUT2D eigenvalue weighted by molar-refractivity contribution is 0.189. The lowest BCUT2D eigenvalue weighted by Gasteiger charge is -2.33. The molecule has 0 spiro atoms. The van der Waals surface area contributed by atoms with E-state index in [1.807, 2.05) is 6.07 Å². The van der Waals surface area contributed by atoms with E-state index in [1.165, 1.54) is 25.3 Å². The number of likely N-dealkylation sites (tertiary alicyclic amines) is 1. The topological polar surface area (TPSA) is 15.3 Å². The minimum atomic E-state index is -0.243. The van der Waals surface area contributed by atoms with Crippen molar-refractivity contribution >= 4 is 11.6 Å². The van der Waals surface area contributed by atoms with Gasteiger partial charge in [0.2, 0.25) is 0 Å². The van der Waals surface area contributed by atoms with Crippen LogP contribution in [0.25, 0.3) is 0 Å². The van der Waals surface area contributed by atoms with Crippen molar-refractivity contribution in [2.24, 2.45) is 5.92 Å². The second-order valence-electron chi connectivity index (χ2n) is 5.69. The van der Waals surface area contributed by atoms with Crippen molar-refractivity contribution in [1.29, 1.82) is 0 Å². The number of halogens is 2. The van der Waals surface area contributed by atoms with Gasteiger partial charge in [0.05, 0.1) is 0 Å². The third-order valence-electron chi connectivity index (χ3n) is 4.14. The van der Waals surface area contributed by atoms with Gasteiger partial charge < -0.3 is 5.32 Å². The van der Waals surface area contributed by atoms with Gasteiger partial charge in [-0.2, -0.15) is 0 Å². The molecule has 2 nitrogen and oxygen atoms in total. The van der Waals surface area contributed by atoms with Gasteiger partial charge in [-0.25, -0.2) is 4.39 Å². The first-order valence-electron chi connectivity index (χ1n) is 7.48. The summed E-state index contributed by atoms with van der Waals surface area (Å²) >= 11 is 6.04. The Bertz CT molecular complexity index is 418. The second kappa shape index (κ2) is 7.39. The minimum Gasteiger partial charge on any atom is -0.317 e. The number of nitrogens with one attached hydrogen (secondary N) is 1. The first kappa shape index (κ1) is 15.7. The molecule has 1 aliphatic rings. The molecule has 0 bridgehead atoms. The van der Waals surface area contributed by atoms with Crippen LogP contribution in [0.4, 0.5) is 4.39 Å². The molecular weight excluding hydrogens is 275 g/mol. The number of hydrogen-bond acceptors (Lipinski definition) is 2. The summed E-state index contributed by atoms with van der Waals surface area (Å²) in [4.78, 5) is 2.35. The predicted molar refractivity (Wildman–Crippen MR) is 82.7 cm³/mol. The Morgan fingerprint density at radius 1 is 1.35 bits per heavy atom. The molecule has 2 rings (SSSR count). The van der Waals surface area contributed by atoms with Gasteiger partial charge in [-0.05, 0) is 69.2 Å². The van der Waals surface area contributed by atoms with Gasteiger partial charge in [-0.1, -0.05) is 24.9 Å².